The van der Waals surface area contributed by atoms with Crippen LogP contribution in [0.25, 0.3) is 16.6 Å². The predicted molar refractivity (Wildman–Crippen MR) is 116 cm³/mol. The van der Waals surface area contributed by atoms with E-state index in [1.165, 1.54) is 36.2 Å². The van der Waals surface area contributed by atoms with Gasteiger partial charge in [-0.1, -0.05) is 50.1 Å². The number of carbonyl (C=O) groups excluding carboxylic acids is 1. The first kappa shape index (κ1) is 19.7. The molecule has 0 fully saturated rings. The number of nitrogens with zero attached hydrogens (tertiary/aromatic N) is 1. The zero-order valence-corrected chi connectivity index (χ0v) is 16.7. The van der Waals surface area contributed by atoms with Gasteiger partial charge in [0.25, 0.3) is 0 Å². The fourth-order valence-electron chi connectivity index (χ4n) is 3.27. The fourth-order valence-corrected chi connectivity index (χ4v) is 3.27. The summed E-state index contributed by atoms with van der Waals surface area (Å²) in [6, 6.07) is 18.3. The molecule has 0 aliphatic heterocycles. The van der Waals surface area contributed by atoms with Crippen LogP contribution in [-0.2, 0) is 16.1 Å². The predicted octanol–water partition coefficient (Wildman–Crippen LogP) is 5.85. The van der Waals surface area contributed by atoms with Gasteiger partial charge in [-0.3, -0.25) is 0 Å². The lowest BCUT2D eigenvalue weighted by molar-refractivity contribution is -0.137. The molecule has 3 aromatic rings. The first-order valence-electron chi connectivity index (χ1n) is 10.0. The minimum Gasteiger partial charge on any atom is -0.463 e. The van der Waals surface area contributed by atoms with Crippen LogP contribution in [0.15, 0.2) is 66.9 Å². The highest BCUT2D eigenvalue weighted by Crippen LogP contribution is 2.24. The van der Waals surface area contributed by atoms with Crippen LogP contribution >= 0.6 is 0 Å². The quantitative estimate of drug-likeness (QED) is 0.289. The highest BCUT2D eigenvalue weighted by atomic mass is 16.5. The first-order chi connectivity index (χ1) is 13.7. The number of aryl methyl sites for hydroxylation is 1. The van der Waals surface area contributed by atoms with Crippen molar-refractivity contribution in [3.63, 3.8) is 0 Å². The Labute approximate surface area is 166 Å². The maximum atomic E-state index is 12.0. The van der Waals surface area contributed by atoms with E-state index in [1.807, 2.05) is 30.3 Å². The number of hydrogen-bond acceptors (Lipinski definition) is 3. The fraction of sp³-hybridized carbons (Fsp3) is 0.292. The number of benzene rings is 2. The van der Waals surface area contributed by atoms with Crippen molar-refractivity contribution in [2.75, 3.05) is 11.9 Å². The van der Waals surface area contributed by atoms with Gasteiger partial charge in [-0.15, -0.1) is 0 Å². The second kappa shape index (κ2) is 9.79. The number of nitrogens with one attached hydrogen (secondary N) is 1. The molecule has 0 aliphatic rings. The topological polar surface area (TPSA) is 43.3 Å². The van der Waals surface area contributed by atoms with Crippen molar-refractivity contribution in [2.24, 2.45) is 0 Å². The van der Waals surface area contributed by atoms with Crippen molar-refractivity contribution in [1.82, 2.24) is 4.57 Å². The molecule has 146 valence electrons. The number of fused-ring (bicyclic) bond motifs is 1. The lowest BCUT2D eigenvalue weighted by atomic mass is 10.1. The summed E-state index contributed by atoms with van der Waals surface area (Å²) in [5.74, 6) is -0.350. The Kier molecular flexibility index (Phi) is 6.90. The number of aromatic nitrogens is 1. The molecule has 0 atom stereocenters. The third kappa shape index (κ3) is 5.03. The molecule has 0 bridgehead atoms. The molecular weight excluding hydrogens is 348 g/mol. The molecule has 28 heavy (non-hydrogen) atoms. The minimum atomic E-state index is -0.350. The van der Waals surface area contributed by atoms with Crippen LogP contribution in [0.4, 0.5) is 5.69 Å². The normalized spacial score (nSPS) is 11.6. The molecule has 1 N–H and O–H groups in total. The molecule has 0 saturated carbocycles. The minimum absolute atomic E-state index is 0.350. The molecule has 2 aromatic carbocycles. The van der Waals surface area contributed by atoms with Gasteiger partial charge in [-0.05, 0) is 43.2 Å². The van der Waals surface area contributed by atoms with E-state index in [9.17, 15) is 4.79 Å². The SMILES string of the molecule is CCCCCn1ccc2cc(N/C(=C/C(=O)OCC)c3ccccc3)ccc21. The molecular formula is C24H28N2O2. The summed E-state index contributed by atoms with van der Waals surface area (Å²) < 4.78 is 7.40. The lowest BCUT2D eigenvalue weighted by Gasteiger charge is -2.12. The van der Waals surface area contributed by atoms with E-state index in [0.29, 0.717) is 6.61 Å². The molecule has 0 radical (unpaired) electrons. The first-order valence-corrected chi connectivity index (χ1v) is 10.0. The van der Waals surface area contributed by atoms with Crippen molar-refractivity contribution in [2.45, 2.75) is 39.7 Å². The van der Waals surface area contributed by atoms with Gasteiger partial charge in [-0.25, -0.2) is 4.79 Å². The van der Waals surface area contributed by atoms with E-state index in [4.69, 9.17) is 4.74 Å². The number of ether oxygens (including phenoxy) is 1. The van der Waals surface area contributed by atoms with Crippen LogP contribution in [0.5, 0.6) is 0 Å². The molecule has 0 saturated heterocycles. The highest BCUT2D eigenvalue weighted by molar-refractivity contribution is 5.95. The Balaban J connectivity index is 1.84. The van der Waals surface area contributed by atoms with Crippen LogP contribution < -0.4 is 5.32 Å². The van der Waals surface area contributed by atoms with Gasteiger partial charge in [-0.2, -0.15) is 0 Å². The Morgan fingerprint density at radius 3 is 2.64 bits per heavy atom. The molecule has 1 heterocycles. The van der Waals surface area contributed by atoms with Gasteiger partial charge in [0.1, 0.15) is 0 Å². The molecule has 0 unspecified atom stereocenters. The van der Waals surface area contributed by atoms with Crippen LogP contribution in [0.1, 0.15) is 38.7 Å². The van der Waals surface area contributed by atoms with Gasteiger partial charge in [0.05, 0.1) is 12.3 Å². The zero-order valence-electron chi connectivity index (χ0n) is 16.7. The van der Waals surface area contributed by atoms with E-state index in [1.54, 1.807) is 6.92 Å². The largest absolute Gasteiger partial charge is 0.463 e. The Hall–Kier alpha value is -3.01. The second-order valence-corrected chi connectivity index (χ2v) is 6.79. The third-order valence-corrected chi connectivity index (χ3v) is 4.69. The van der Waals surface area contributed by atoms with Crippen molar-refractivity contribution in [1.29, 1.82) is 0 Å². The van der Waals surface area contributed by atoms with E-state index in [-0.39, 0.29) is 5.97 Å². The smallest absolute Gasteiger partial charge is 0.332 e. The summed E-state index contributed by atoms with van der Waals surface area (Å²) >= 11 is 0. The zero-order chi connectivity index (χ0) is 19.8. The molecule has 0 spiro atoms. The maximum absolute atomic E-state index is 12.0. The number of esters is 1. The Morgan fingerprint density at radius 1 is 1.07 bits per heavy atom. The van der Waals surface area contributed by atoms with E-state index < -0.39 is 0 Å². The molecule has 3 rings (SSSR count). The van der Waals surface area contributed by atoms with Crippen molar-refractivity contribution in [3.8, 4) is 0 Å². The second-order valence-electron chi connectivity index (χ2n) is 6.79. The molecule has 4 heteroatoms. The van der Waals surface area contributed by atoms with Crippen molar-refractivity contribution >= 4 is 28.3 Å². The monoisotopic (exact) mass is 376 g/mol. The third-order valence-electron chi connectivity index (χ3n) is 4.69. The summed E-state index contributed by atoms with van der Waals surface area (Å²) in [6.07, 6.45) is 7.33. The maximum Gasteiger partial charge on any atom is 0.332 e. The number of anilines is 1. The lowest BCUT2D eigenvalue weighted by Crippen LogP contribution is -2.06. The number of carbonyl (C=O) groups is 1. The number of unbranched alkanes of at least 4 members (excludes halogenated alkanes) is 2. The number of hydrogen-bond donors (Lipinski definition) is 1. The average Bonchev–Trinajstić information content (AvgIpc) is 3.11. The molecule has 4 nitrogen and oxygen atoms in total. The summed E-state index contributed by atoms with van der Waals surface area (Å²) in [6.45, 7) is 5.43. The standard InChI is InChI=1S/C24H28N2O2/c1-3-5-9-15-26-16-14-20-17-21(12-13-23(20)26)25-22(18-24(27)28-4-2)19-10-7-6-8-11-19/h6-8,10-14,16-18,25H,3-5,9,15H2,1-2H3/b22-18+. The van der Waals surface area contributed by atoms with Gasteiger partial charge in [0, 0.05) is 35.4 Å². The van der Waals surface area contributed by atoms with Gasteiger partial charge < -0.3 is 14.6 Å². The summed E-state index contributed by atoms with van der Waals surface area (Å²) in [4.78, 5) is 12.0. The van der Waals surface area contributed by atoms with Crippen molar-refractivity contribution < 1.29 is 9.53 Å². The Bertz CT molecular complexity index is 942. The summed E-state index contributed by atoms with van der Waals surface area (Å²) in [5.41, 5.74) is 3.84. The van der Waals surface area contributed by atoms with E-state index >= 15 is 0 Å². The van der Waals surface area contributed by atoms with Crippen LogP contribution in [-0.4, -0.2) is 17.1 Å². The van der Waals surface area contributed by atoms with Crippen LogP contribution in [0.3, 0.4) is 0 Å². The highest BCUT2D eigenvalue weighted by Gasteiger charge is 2.08. The number of rotatable bonds is 9. The van der Waals surface area contributed by atoms with Crippen LogP contribution in [0, 0.1) is 0 Å². The summed E-state index contributed by atoms with van der Waals surface area (Å²) in [5, 5.41) is 4.57. The Morgan fingerprint density at radius 2 is 1.89 bits per heavy atom. The summed E-state index contributed by atoms with van der Waals surface area (Å²) in [7, 11) is 0. The van der Waals surface area contributed by atoms with Crippen molar-refractivity contribution in [3.05, 3.63) is 72.4 Å². The van der Waals surface area contributed by atoms with E-state index in [2.05, 4.69) is 47.3 Å². The average molecular weight is 377 g/mol. The molecule has 0 amide bonds. The van der Waals surface area contributed by atoms with Gasteiger partial charge in [0.2, 0.25) is 0 Å². The van der Waals surface area contributed by atoms with E-state index in [0.717, 1.165) is 23.5 Å². The van der Waals surface area contributed by atoms with Gasteiger partial charge in [0.15, 0.2) is 0 Å². The molecule has 0 aliphatic carbocycles. The van der Waals surface area contributed by atoms with Crippen LogP contribution in [0.2, 0.25) is 0 Å². The molecule has 1 aromatic heterocycles. The van der Waals surface area contributed by atoms with Gasteiger partial charge >= 0.3 is 5.97 Å².